The highest BCUT2D eigenvalue weighted by Crippen LogP contribution is 2.40. The molecule has 2 aromatic heterocycles. The molecular formula is C32H32O2. The van der Waals surface area contributed by atoms with Crippen LogP contribution in [0.15, 0.2) is 69.5 Å². The van der Waals surface area contributed by atoms with Crippen LogP contribution in [0.25, 0.3) is 54.6 Å². The molecule has 0 aliphatic carbocycles. The Hall–Kier alpha value is -3.26. The number of furan rings is 2. The van der Waals surface area contributed by atoms with Gasteiger partial charge < -0.3 is 8.83 Å². The van der Waals surface area contributed by atoms with E-state index in [2.05, 4.69) is 74.5 Å². The van der Waals surface area contributed by atoms with E-state index in [1.807, 2.05) is 0 Å². The first-order valence-corrected chi connectivity index (χ1v) is 13.0. The molecule has 34 heavy (non-hydrogen) atoms. The summed E-state index contributed by atoms with van der Waals surface area (Å²) in [5.74, 6) is 0. The average molecular weight is 449 g/mol. The summed E-state index contributed by atoms with van der Waals surface area (Å²) in [6, 6.07) is 22.2. The van der Waals surface area contributed by atoms with E-state index in [0.717, 1.165) is 45.9 Å². The first kappa shape index (κ1) is 21.3. The van der Waals surface area contributed by atoms with Crippen LogP contribution in [0.3, 0.4) is 0 Å². The van der Waals surface area contributed by atoms with E-state index in [9.17, 15) is 0 Å². The summed E-state index contributed by atoms with van der Waals surface area (Å²) in [5.41, 5.74) is 6.63. The van der Waals surface area contributed by atoms with Gasteiger partial charge in [0.05, 0.1) is 0 Å². The predicted octanol–water partition coefficient (Wildman–Crippen LogP) is 10.1. The number of rotatable bonds is 8. The van der Waals surface area contributed by atoms with Crippen LogP contribution in [-0.2, 0) is 12.8 Å². The molecule has 172 valence electrons. The zero-order valence-corrected chi connectivity index (χ0v) is 20.2. The van der Waals surface area contributed by atoms with E-state index in [0.29, 0.717) is 0 Å². The molecule has 2 nitrogen and oxygen atoms in total. The lowest BCUT2D eigenvalue weighted by atomic mass is 10.0. The van der Waals surface area contributed by atoms with Crippen molar-refractivity contribution in [2.45, 2.75) is 65.2 Å². The van der Waals surface area contributed by atoms with Gasteiger partial charge in [-0.05, 0) is 85.3 Å². The van der Waals surface area contributed by atoms with Gasteiger partial charge in [0.15, 0.2) is 0 Å². The molecule has 0 radical (unpaired) electrons. The number of fused-ring (bicyclic) bond motifs is 9. The van der Waals surface area contributed by atoms with Crippen molar-refractivity contribution in [3.8, 4) is 0 Å². The Kier molecular flexibility index (Phi) is 5.53. The van der Waals surface area contributed by atoms with Crippen molar-refractivity contribution in [1.82, 2.24) is 0 Å². The van der Waals surface area contributed by atoms with Crippen molar-refractivity contribution >= 4 is 54.6 Å². The number of benzene rings is 4. The van der Waals surface area contributed by atoms with Gasteiger partial charge in [-0.2, -0.15) is 0 Å². The zero-order valence-electron chi connectivity index (χ0n) is 20.2. The first-order chi connectivity index (χ1) is 16.8. The second kappa shape index (κ2) is 8.83. The molecule has 2 heterocycles. The molecule has 0 atom stereocenters. The van der Waals surface area contributed by atoms with E-state index in [-0.39, 0.29) is 0 Å². The zero-order chi connectivity index (χ0) is 23.1. The summed E-state index contributed by atoms with van der Waals surface area (Å²) in [7, 11) is 0. The lowest BCUT2D eigenvalue weighted by molar-refractivity contribution is 0.668. The highest BCUT2D eigenvalue weighted by molar-refractivity contribution is 6.22. The standard InChI is InChI=1S/C32H32O2/c1-3-5-7-9-21-11-17-29-27(19-21)25-15-13-24-23(31(25)33-29)14-16-26-28-20-22(10-8-6-4-2)12-18-30(28)34-32(24)26/h11-20H,3-10H2,1-2H3. The van der Waals surface area contributed by atoms with Gasteiger partial charge in [-0.15, -0.1) is 0 Å². The van der Waals surface area contributed by atoms with Crippen LogP contribution in [0, 0.1) is 0 Å². The van der Waals surface area contributed by atoms with Crippen molar-refractivity contribution in [3.05, 3.63) is 71.8 Å². The average Bonchev–Trinajstić information content (AvgIpc) is 3.42. The molecule has 2 heteroatoms. The van der Waals surface area contributed by atoms with Crippen molar-refractivity contribution in [2.24, 2.45) is 0 Å². The Bertz CT molecular complexity index is 1510. The van der Waals surface area contributed by atoms with Crippen molar-refractivity contribution < 1.29 is 8.83 Å². The molecule has 0 unspecified atom stereocenters. The van der Waals surface area contributed by atoms with E-state index in [1.165, 1.54) is 71.2 Å². The molecule has 0 aliphatic heterocycles. The van der Waals surface area contributed by atoms with Crippen LogP contribution in [0.1, 0.15) is 63.5 Å². The van der Waals surface area contributed by atoms with Crippen molar-refractivity contribution in [2.75, 3.05) is 0 Å². The maximum absolute atomic E-state index is 6.40. The third-order valence-electron chi connectivity index (χ3n) is 7.33. The van der Waals surface area contributed by atoms with Crippen LogP contribution in [0.2, 0.25) is 0 Å². The summed E-state index contributed by atoms with van der Waals surface area (Å²) in [6.07, 6.45) is 9.80. The van der Waals surface area contributed by atoms with Crippen molar-refractivity contribution in [1.29, 1.82) is 0 Å². The van der Waals surface area contributed by atoms with Gasteiger partial charge in [-0.25, -0.2) is 0 Å². The maximum atomic E-state index is 6.40. The Morgan fingerprint density at radius 3 is 1.29 bits per heavy atom. The van der Waals surface area contributed by atoms with Gasteiger partial charge in [0.2, 0.25) is 0 Å². The highest BCUT2D eigenvalue weighted by atomic mass is 16.3. The fourth-order valence-corrected chi connectivity index (χ4v) is 5.44. The lowest BCUT2D eigenvalue weighted by Gasteiger charge is -2.01. The van der Waals surface area contributed by atoms with Crippen LogP contribution < -0.4 is 0 Å². The van der Waals surface area contributed by atoms with E-state index in [4.69, 9.17) is 8.83 Å². The Morgan fingerprint density at radius 2 is 0.882 bits per heavy atom. The molecule has 0 fully saturated rings. The molecule has 6 aromatic rings. The summed E-state index contributed by atoms with van der Waals surface area (Å²) in [6.45, 7) is 4.51. The summed E-state index contributed by atoms with van der Waals surface area (Å²) in [4.78, 5) is 0. The Balaban J connectivity index is 1.47. The number of aryl methyl sites for hydroxylation is 2. The molecule has 0 saturated carbocycles. The SMILES string of the molecule is CCCCCc1ccc2oc3c(ccc4c3ccc3c5cc(CCCCC)ccc5oc34)c2c1. The first-order valence-electron chi connectivity index (χ1n) is 13.0. The summed E-state index contributed by atoms with van der Waals surface area (Å²) in [5, 5.41) is 7.05. The van der Waals surface area contributed by atoms with E-state index < -0.39 is 0 Å². The number of hydrogen-bond donors (Lipinski definition) is 0. The Morgan fingerprint density at radius 1 is 0.471 bits per heavy atom. The minimum Gasteiger partial charge on any atom is -0.455 e. The third kappa shape index (κ3) is 3.57. The van der Waals surface area contributed by atoms with Crippen molar-refractivity contribution in [3.63, 3.8) is 0 Å². The predicted molar refractivity (Wildman–Crippen MR) is 145 cm³/mol. The number of unbranched alkanes of at least 4 members (excludes halogenated alkanes) is 4. The topological polar surface area (TPSA) is 26.3 Å². The fraction of sp³-hybridized carbons (Fsp3) is 0.312. The molecule has 4 aromatic carbocycles. The largest absolute Gasteiger partial charge is 0.455 e. The summed E-state index contributed by atoms with van der Waals surface area (Å²) >= 11 is 0. The van der Waals surface area contributed by atoms with Gasteiger partial charge in [0, 0.05) is 32.3 Å². The fourth-order valence-electron chi connectivity index (χ4n) is 5.44. The second-order valence-corrected chi connectivity index (χ2v) is 9.76. The van der Waals surface area contributed by atoms with Gasteiger partial charge in [-0.1, -0.05) is 51.7 Å². The van der Waals surface area contributed by atoms with Crippen LogP contribution in [0.4, 0.5) is 0 Å². The quantitative estimate of drug-likeness (QED) is 0.216. The van der Waals surface area contributed by atoms with Gasteiger partial charge in [0.1, 0.15) is 22.3 Å². The molecule has 0 N–H and O–H groups in total. The van der Waals surface area contributed by atoms with Crippen LogP contribution >= 0.6 is 0 Å². The van der Waals surface area contributed by atoms with Crippen LogP contribution in [-0.4, -0.2) is 0 Å². The minimum atomic E-state index is 0.959. The smallest absolute Gasteiger partial charge is 0.143 e. The number of hydrogen-bond acceptors (Lipinski definition) is 2. The van der Waals surface area contributed by atoms with E-state index in [1.54, 1.807) is 0 Å². The molecule has 0 saturated heterocycles. The van der Waals surface area contributed by atoms with E-state index >= 15 is 0 Å². The third-order valence-corrected chi connectivity index (χ3v) is 7.33. The summed E-state index contributed by atoms with van der Waals surface area (Å²) < 4.78 is 12.8. The molecule has 0 bridgehead atoms. The lowest BCUT2D eigenvalue weighted by Crippen LogP contribution is -1.84. The monoisotopic (exact) mass is 448 g/mol. The van der Waals surface area contributed by atoms with Gasteiger partial charge in [0.25, 0.3) is 0 Å². The van der Waals surface area contributed by atoms with Gasteiger partial charge >= 0.3 is 0 Å². The maximum Gasteiger partial charge on any atom is 0.143 e. The molecular weight excluding hydrogens is 416 g/mol. The molecule has 0 amide bonds. The Labute approximate surface area is 200 Å². The normalized spacial score (nSPS) is 12.2. The van der Waals surface area contributed by atoms with Crippen LogP contribution in [0.5, 0.6) is 0 Å². The molecule has 6 rings (SSSR count). The van der Waals surface area contributed by atoms with Gasteiger partial charge in [-0.3, -0.25) is 0 Å². The molecule has 0 spiro atoms. The second-order valence-electron chi connectivity index (χ2n) is 9.76. The minimum absolute atomic E-state index is 0.959. The highest BCUT2D eigenvalue weighted by Gasteiger charge is 2.16. The molecule has 0 aliphatic rings.